The number of nitrogens with one attached hydrogen (secondary N) is 2. The highest BCUT2D eigenvalue weighted by molar-refractivity contribution is 6.00. The van der Waals surface area contributed by atoms with Crippen molar-refractivity contribution in [3.63, 3.8) is 0 Å². The topological polar surface area (TPSA) is 57.8 Å². The van der Waals surface area contributed by atoms with Gasteiger partial charge in [0.1, 0.15) is 0 Å². The number of anilines is 1. The van der Waals surface area contributed by atoms with Crippen LogP contribution in [0.25, 0.3) is 22.0 Å². The number of carbonyl (C=O) groups excluding carboxylic acids is 1. The van der Waals surface area contributed by atoms with Crippen LogP contribution in [-0.2, 0) is 11.2 Å². The molecule has 1 aromatic heterocycles. The zero-order chi connectivity index (χ0) is 16.2. The Balaban J connectivity index is 1.89. The smallest absolute Gasteiger partial charge is 0.225 e. The van der Waals surface area contributed by atoms with Gasteiger partial charge in [0.2, 0.25) is 5.91 Å². The van der Waals surface area contributed by atoms with Crippen LogP contribution in [0.2, 0.25) is 0 Å². The van der Waals surface area contributed by atoms with E-state index in [1.807, 2.05) is 13.0 Å². The van der Waals surface area contributed by atoms with Gasteiger partial charge in [0.15, 0.2) is 5.82 Å². The van der Waals surface area contributed by atoms with Gasteiger partial charge in [-0.2, -0.15) is 5.10 Å². The number of hydrogen-bond acceptors (Lipinski definition) is 2. The monoisotopic (exact) mass is 307 g/mol. The summed E-state index contributed by atoms with van der Waals surface area (Å²) >= 11 is 0. The molecule has 4 nitrogen and oxygen atoms in total. The SMILES string of the molecule is CCCC(=O)Nc1n[nH]c2cc(-c3ccc(CC)cc3)ccc12. The normalized spacial score (nSPS) is 10.9. The molecule has 1 amide bonds. The number of H-pyrrole nitrogens is 1. The molecule has 0 bridgehead atoms. The van der Waals surface area contributed by atoms with Crippen molar-refractivity contribution in [2.75, 3.05) is 5.32 Å². The third-order valence-corrected chi connectivity index (χ3v) is 3.99. The summed E-state index contributed by atoms with van der Waals surface area (Å²) in [5, 5.41) is 11.0. The first kappa shape index (κ1) is 15.3. The van der Waals surface area contributed by atoms with Gasteiger partial charge in [-0.15, -0.1) is 0 Å². The number of hydrogen-bond donors (Lipinski definition) is 2. The van der Waals surface area contributed by atoms with Crippen LogP contribution < -0.4 is 5.32 Å². The second-order valence-corrected chi connectivity index (χ2v) is 5.68. The lowest BCUT2D eigenvalue weighted by Gasteiger charge is -2.04. The van der Waals surface area contributed by atoms with Crippen molar-refractivity contribution in [1.82, 2.24) is 10.2 Å². The number of aromatic nitrogens is 2. The molecule has 3 rings (SSSR count). The van der Waals surface area contributed by atoms with E-state index in [2.05, 4.69) is 58.8 Å². The first-order chi connectivity index (χ1) is 11.2. The molecule has 0 fully saturated rings. The van der Waals surface area contributed by atoms with Gasteiger partial charge in [0.05, 0.1) is 5.52 Å². The van der Waals surface area contributed by atoms with Crippen molar-refractivity contribution < 1.29 is 4.79 Å². The molecule has 0 saturated carbocycles. The average Bonchev–Trinajstić information content (AvgIpc) is 2.97. The van der Waals surface area contributed by atoms with Crippen molar-refractivity contribution in [2.45, 2.75) is 33.1 Å². The lowest BCUT2D eigenvalue weighted by Crippen LogP contribution is -2.10. The third-order valence-electron chi connectivity index (χ3n) is 3.99. The first-order valence-corrected chi connectivity index (χ1v) is 8.08. The summed E-state index contributed by atoms with van der Waals surface area (Å²) in [6.07, 6.45) is 2.38. The van der Waals surface area contributed by atoms with E-state index in [0.717, 1.165) is 29.3 Å². The molecule has 0 aliphatic rings. The number of amides is 1. The van der Waals surface area contributed by atoms with Crippen LogP contribution in [0.5, 0.6) is 0 Å². The minimum Gasteiger partial charge on any atom is -0.309 e. The van der Waals surface area contributed by atoms with E-state index >= 15 is 0 Å². The summed E-state index contributed by atoms with van der Waals surface area (Å²) in [6, 6.07) is 14.7. The minimum atomic E-state index is 0.000121. The maximum absolute atomic E-state index is 11.7. The van der Waals surface area contributed by atoms with Crippen molar-refractivity contribution in [1.29, 1.82) is 0 Å². The molecule has 23 heavy (non-hydrogen) atoms. The van der Waals surface area contributed by atoms with Crippen LogP contribution in [0.3, 0.4) is 0 Å². The maximum Gasteiger partial charge on any atom is 0.225 e. The van der Waals surface area contributed by atoms with Crippen molar-refractivity contribution in [3.8, 4) is 11.1 Å². The van der Waals surface area contributed by atoms with E-state index in [-0.39, 0.29) is 5.91 Å². The van der Waals surface area contributed by atoms with Gasteiger partial charge in [-0.25, -0.2) is 0 Å². The molecule has 3 aromatic rings. The molecule has 1 heterocycles. The largest absolute Gasteiger partial charge is 0.309 e. The number of rotatable bonds is 5. The number of aromatic amines is 1. The Morgan fingerprint density at radius 2 is 1.83 bits per heavy atom. The second-order valence-electron chi connectivity index (χ2n) is 5.68. The van der Waals surface area contributed by atoms with Gasteiger partial charge >= 0.3 is 0 Å². The predicted molar refractivity (Wildman–Crippen MR) is 94.4 cm³/mol. The zero-order valence-electron chi connectivity index (χ0n) is 13.5. The molecule has 2 aromatic carbocycles. The summed E-state index contributed by atoms with van der Waals surface area (Å²) in [5.41, 5.74) is 4.57. The maximum atomic E-state index is 11.7. The van der Waals surface area contributed by atoms with Crippen LogP contribution in [-0.4, -0.2) is 16.1 Å². The Labute approximate surface area is 135 Å². The molecule has 0 atom stereocenters. The number of fused-ring (bicyclic) bond motifs is 1. The Bertz CT molecular complexity index is 818. The zero-order valence-corrected chi connectivity index (χ0v) is 13.5. The van der Waals surface area contributed by atoms with Crippen LogP contribution >= 0.6 is 0 Å². The van der Waals surface area contributed by atoms with E-state index in [4.69, 9.17) is 0 Å². The quantitative estimate of drug-likeness (QED) is 0.727. The van der Waals surface area contributed by atoms with Gasteiger partial charge in [0.25, 0.3) is 0 Å². The summed E-state index contributed by atoms with van der Waals surface area (Å²) in [4.78, 5) is 11.7. The molecule has 0 saturated heterocycles. The van der Waals surface area contributed by atoms with E-state index in [0.29, 0.717) is 12.2 Å². The van der Waals surface area contributed by atoms with E-state index < -0.39 is 0 Å². The third kappa shape index (κ3) is 3.26. The summed E-state index contributed by atoms with van der Waals surface area (Å²) < 4.78 is 0. The summed E-state index contributed by atoms with van der Waals surface area (Å²) in [6.45, 7) is 4.14. The molecular formula is C19H21N3O. The van der Waals surface area contributed by atoms with Crippen LogP contribution in [0.1, 0.15) is 32.3 Å². The van der Waals surface area contributed by atoms with E-state index in [1.165, 1.54) is 11.1 Å². The molecule has 0 spiro atoms. The first-order valence-electron chi connectivity index (χ1n) is 8.08. The molecule has 4 heteroatoms. The molecule has 0 unspecified atom stereocenters. The molecule has 0 aliphatic heterocycles. The van der Waals surface area contributed by atoms with Gasteiger partial charge in [-0.1, -0.05) is 44.2 Å². The molecule has 0 radical (unpaired) electrons. The highest BCUT2D eigenvalue weighted by Crippen LogP contribution is 2.27. The van der Waals surface area contributed by atoms with Crippen molar-refractivity contribution in [2.24, 2.45) is 0 Å². The standard InChI is InChI=1S/C19H21N3O/c1-3-5-18(23)20-19-16-11-10-15(12-17(16)21-22-19)14-8-6-13(4-2)7-9-14/h6-12H,3-5H2,1-2H3,(H2,20,21,22,23). The van der Waals surface area contributed by atoms with Gasteiger partial charge in [-0.05, 0) is 41.7 Å². The number of nitrogens with zero attached hydrogens (tertiary/aromatic N) is 1. The predicted octanol–water partition coefficient (Wildman–Crippen LogP) is 4.53. The Morgan fingerprint density at radius 3 is 2.52 bits per heavy atom. The Hall–Kier alpha value is -2.62. The fraction of sp³-hybridized carbons (Fsp3) is 0.263. The van der Waals surface area contributed by atoms with Gasteiger partial charge in [-0.3, -0.25) is 9.89 Å². The molecule has 2 N–H and O–H groups in total. The summed E-state index contributed by atoms with van der Waals surface area (Å²) in [7, 11) is 0. The van der Waals surface area contributed by atoms with Gasteiger partial charge in [0, 0.05) is 11.8 Å². The average molecular weight is 307 g/mol. The fourth-order valence-electron chi connectivity index (χ4n) is 2.65. The number of benzene rings is 2. The van der Waals surface area contributed by atoms with Crippen molar-refractivity contribution >= 4 is 22.6 Å². The Morgan fingerprint density at radius 1 is 1.09 bits per heavy atom. The lowest BCUT2D eigenvalue weighted by atomic mass is 10.0. The van der Waals surface area contributed by atoms with Gasteiger partial charge < -0.3 is 5.32 Å². The van der Waals surface area contributed by atoms with Crippen LogP contribution in [0.15, 0.2) is 42.5 Å². The lowest BCUT2D eigenvalue weighted by molar-refractivity contribution is -0.116. The number of carbonyl (C=O) groups is 1. The molecule has 118 valence electrons. The fourth-order valence-corrected chi connectivity index (χ4v) is 2.65. The van der Waals surface area contributed by atoms with Crippen LogP contribution in [0, 0.1) is 0 Å². The molecule has 0 aliphatic carbocycles. The second kappa shape index (κ2) is 6.65. The highest BCUT2D eigenvalue weighted by Gasteiger charge is 2.09. The van der Waals surface area contributed by atoms with E-state index in [1.54, 1.807) is 0 Å². The Kier molecular flexibility index (Phi) is 4.42. The highest BCUT2D eigenvalue weighted by atomic mass is 16.1. The van der Waals surface area contributed by atoms with Crippen LogP contribution in [0.4, 0.5) is 5.82 Å². The number of aryl methyl sites for hydroxylation is 1. The molecular weight excluding hydrogens is 286 g/mol. The van der Waals surface area contributed by atoms with E-state index in [9.17, 15) is 4.79 Å². The minimum absolute atomic E-state index is 0.000121. The van der Waals surface area contributed by atoms with Crippen molar-refractivity contribution in [3.05, 3.63) is 48.0 Å². The summed E-state index contributed by atoms with van der Waals surface area (Å²) in [5.74, 6) is 0.603.